The number of benzene rings is 1. The number of aliphatic carboxylic acids is 1. The third-order valence-corrected chi connectivity index (χ3v) is 5.87. The topological polar surface area (TPSA) is 99.6 Å². The van der Waals surface area contributed by atoms with Gasteiger partial charge in [-0.2, -0.15) is 4.98 Å². The molecule has 2 saturated heterocycles. The number of hydrogen-bond acceptors (Lipinski definition) is 7. The van der Waals surface area contributed by atoms with Crippen LogP contribution in [0.15, 0.2) is 30.5 Å². The monoisotopic (exact) mass is 431 g/mol. The van der Waals surface area contributed by atoms with Crippen LogP contribution in [0.5, 0.6) is 0 Å². The third-order valence-electron chi connectivity index (χ3n) is 5.60. The molecule has 0 amide bonds. The minimum atomic E-state index is -0.693. The first-order valence-corrected chi connectivity index (χ1v) is 10.7. The summed E-state index contributed by atoms with van der Waals surface area (Å²) in [7, 11) is 0. The molecule has 2 aliphatic heterocycles. The molecule has 8 nitrogen and oxygen atoms in total. The van der Waals surface area contributed by atoms with Gasteiger partial charge in [-0.3, -0.25) is 4.79 Å². The van der Waals surface area contributed by atoms with Crippen molar-refractivity contribution in [3.63, 3.8) is 0 Å². The lowest BCUT2D eigenvalue weighted by atomic mass is 9.97. The Kier molecular flexibility index (Phi) is 6.54. The lowest BCUT2D eigenvalue weighted by Gasteiger charge is -2.32. The molecule has 4 rings (SSSR count). The van der Waals surface area contributed by atoms with Crippen LogP contribution in [0.4, 0.5) is 23.1 Å². The number of ether oxygens (including phenoxy) is 1. The molecule has 30 heavy (non-hydrogen) atoms. The lowest BCUT2D eigenvalue weighted by molar-refractivity contribution is -0.142. The fourth-order valence-electron chi connectivity index (χ4n) is 3.84. The summed E-state index contributed by atoms with van der Waals surface area (Å²) >= 11 is 6.22. The molecule has 9 heteroatoms. The van der Waals surface area contributed by atoms with Crippen LogP contribution in [0.2, 0.25) is 5.02 Å². The van der Waals surface area contributed by atoms with E-state index in [9.17, 15) is 4.79 Å². The van der Waals surface area contributed by atoms with Crippen LogP contribution in [0, 0.1) is 5.92 Å². The van der Waals surface area contributed by atoms with Gasteiger partial charge < -0.3 is 25.4 Å². The number of anilines is 4. The van der Waals surface area contributed by atoms with Crippen molar-refractivity contribution in [3.05, 3.63) is 35.5 Å². The van der Waals surface area contributed by atoms with E-state index in [1.807, 2.05) is 24.3 Å². The first-order chi connectivity index (χ1) is 14.6. The van der Waals surface area contributed by atoms with Crippen molar-refractivity contribution in [2.24, 2.45) is 5.92 Å². The number of rotatable bonds is 7. The molecule has 1 atom stereocenters. The SMILES string of the molecule is O=C(O)C1CCN(c2ccc(Nc3ncc(Cl)c(NC[C@@H]4CCCO4)n3)cc2)CC1. The number of carboxylic acid groups (broad SMARTS) is 1. The molecule has 0 bridgehead atoms. The predicted molar refractivity (Wildman–Crippen MR) is 117 cm³/mol. The molecule has 3 heterocycles. The van der Waals surface area contributed by atoms with Crippen LogP contribution < -0.4 is 15.5 Å². The normalized spacial score (nSPS) is 19.6. The molecular weight excluding hydrogens is 406 g/mol. The van der Waals surface area contributed by atoms with E-state index in [1.54, 1.807) is 6.20 Å². The highest BCUT2D eigenvalue weighted by Crippen LogP contribution is 2.26. The maximum Gasteiger partial charge on any atom is 0.306 e. The molecule has 1 aromatic heterocycles. The highest BCUT2D eigenvalue weighted by atomic mass is 35.5. The highest BCUT2D eigenvalue weighted by Gasteiger charge is 2.24. The number of halogens is 1. The van der Waals surface area contributed by atoms with Gasteiger partial charge in [0.1, 0.15) is 5.02 Å². The molecule has 0 unspecified atom stereocenters. The summed E-state index contributed by atoms with van der Waals surface area (Å²) in [4.78, 5) is 22.1. The molecular formula is C21H26ClN5O3. The molecule has 160 valence electrons. The first kappa shape index (κ1) is 20.7. The van der Waals surface area contributed by atoms with Gasteiger partial charge in [-0.25, -0.2) is 4.98 Å². The summed E-state index contributed by atoms with van der Waals surface area (Å²) in [5.74, 6) is 0.126. The Labute approximate surface area is 180 Å². The largest absolute Gasteiger partial charge is 0.481 e. The zero-order valence-corrected chi connectivity index (χ0v) is 17.4. The van der Waals surface area contributed by atoms with Gasteiger partial charge >= 0.3 is 5.97 Å². The Morgan fingerprint density at radius 2 is 2.00 bits per heavy atom. The van der Waals surface area contributed by atoms with E-state index in [2.05, 4.69) is 25.5 Å². The van der Waals surface area contributed by atoms with Crippen LogP contribution >= 0.6 is 11.6 Å². The Morgan fingerprint density at radius 1 is 1.23 bits per heavy atom. The Morgan fingerprint density at radius 3 is 2.67 bits per heavy atom. The van der Waals surface area contributed by atoms with Gasteiger partial charge in [-0.1, -0.05) is 11.6 Å². The number of nitrogens with zero attached hydrogens (tertiary/aromatic N) is 3. The quantitative estimate of drug-likeness (QED) is 0.609. The van der Waals surface area contributed by atoms with E-state index in [-0.39, 0.29) is 12.0 Å². The molecule has 1 aromatic carbocycles. The highest BCUT2D eigenvalue weighted by molar-refractivity contribution is 6.32. The van der Waals surface area contributed by atoms with Crippen molar-refractivity contribution >= 4 is 40.7 Å². The molecule has 3 N–H and O–H groups in total. The van der Waals surface area contributed by atoms with Crippen LogP contribution in [-0.4, -0.2) is 53.4 Å². The Hall–Kier alpha value is -2.58. The van der Waals surface area contributed by atoms with Crippen molar-refractivity contribution in [3.8, 4) is 0 Å². The Bertz CT molecular complexity index is 865. The summed E-state index contributed by atoms with van der Waals surface area (Å²) < 4.78 is 5.62. The summed E-state index contributed by atoms with van der Waals surface area (Å²) in [6.07, 6.45) is 5.26. The molecule has 2 aliphatic rings. The van der Waals surface area contributed by atoms with E-state index in [0.717, 1.165) is 43.9 Å². The van der Waals surface area contributed by atoms with E-state index in [1.165, 1.54) is 0 Å². The van der Waals surface area contributed by atoms with Gasteiger partial charge in [0.2, 0.25) is 5.95 Å². The number of carbonyl (C=O) groups is 1. The lowest BCUT2D eigenvalue weighted by Crippen LogP contribution is -2.36. The van der Waals surface area contributed by atoms with Crippen LogP contribution in [0.1, 0.15) is 25.7 Å². The number of carboxylic acids is 1. The third kappa shape index (κ3) is 5.12. The van der Waals surface area contributed by atoms with E-state index in [4.69, 9.17) is 21.4 Å². The molecule has 2 fully saturated rings. The van der Waals surface area contributed by atoms with Crippen molar-refractivity contribution in [1.82, 2.24) is 9.97 Å². The zero-order valence-electron chi connectivity index (χ0n) is 16.7. The number of nitrogens with one attached hydrogen (secondary N) is 2. The molecule has 0 radical (unpaired) electrons. The van der Waals surface area contributed by atoms with E-state index >= 15 is 0 Å². The minimum Gasteiger partial charge on any atom is -0.481 e. The second-order valence-electron chi connectivity index (χ2n) is 7.68. The second kappa shape index (κ2) is 9.49. The van der Waals surface area contributed by atoms with Crippen molar-refractivity contribution < 1.29 is 14.6 Å². The average molecular weight is 432 g/mol. The van der Waals surface area contributed by atoms with Crippen molar-refractivity contribution in [2.75, 3.05) is 41.8 Å². The number of piperidine rings is 1. The predicted octanol–water partition coefficient (Wildman–Crippen LogP) is 3.77. The molecule has 0 spiro atoms. The van der Waals surface area contributed by atoms with Gasteiger partial charge in [0.15, 0.2) is 5.82 Å². The summed E-state index contributed by atoms with van der Waals surface area (Å²) in [6.45, 7) is 2.99. The zero-order chi connectivity index (χ0) is 20.9. The summed E-state index contributed by atoms with van der Waals surface area (Å²) in [6, 6.07) is 7.98. The van der Waals surface area contributed by atoms with Gasteiger partial charge in [-0.05, 0) is 49.9 Å². The van der Waals surface area contributed by atoms with Gasteiger partial charge in [0, 0.05) is 37.6 Å². The van der Waals surface area contributed by atoms with Crippen LogP contribution in [0.3, 0.4) is 0 Å². The molecule has 2 aromatic rings. The van der Waals surface area contributed by atoms with E-state index < -0.39 is 5.97 Å². The minimum absolute atomic E-state index is 0.195. The summed E-state index contributed by atoms with van der Waals surface area (Å²) in [5.41, 5.74) is 1.95. The fraction of sp³-hybridized carbons (Fsp3) is 0.476. The first-order valence-electron chi connectivity index (χ1n) is 10.3. The van der Waals surface area contributed by atoms with Gasteiger partial charge in [0.25, 0.3) is 0 Å². The van der Waals surface area contributed by atoms with E-state index in [0.29, 0.717) is 36.2 Å². The maximum atomic E-state index is 11.1. The second-order valence-corrected chi connectivity index (χ2v) is 8.08. The number of aromatic nitrogens is 2. The van der Waals surface area contributed by atoms with Crippen molar-refractivity contribution in [1.29, 1.82) is 0 Å². The standard InChI is InChI=1S/C21H26ClN5O3/c22-18-13-24-21(26-19(18)23-12-17-2-1-11-30-17)25-15-3-5-16(6-4-15)27-9-7-14(8-10-27)20(28)29/h3-6,13-14,17H,1-2,7-12H2,(H,28,29)(H2,23,24,25,26)/t17-/m0/s1. The maximum absolute atomic E-state index is 11.1. The Balaban J connectivity index is 1.35. The van der Waals surface area contributed by atoms with Crippen LogP contribution in [0.25, 0.3) is 0 Å². The van der Waals surface area contributed by atoms with Crippen LogP contribution in [-0.2, 0) is 9.53 Å². The average Bonchev–Trinajstić information content (AvgIpc) is 3.28. The smallest absolute Gasteiger partial charge is 0.306 e. The summed E-state index contributed by atoms with van der Waals surface area (Å²) in [5, 5.41) is 16.1. The van der Waals surface area contributed by atoms with Gasteiger partial charge in [0.05, 0.1) is 18.2 Å². The number of hydrogen-bond donors (Lipinski definition) is 3. The molecule has 0 aliphatic carbocycles. The van der Waals surface area contributed by atoms with Gasteiger partial charge in [-0.15, -0.1) is 0 Å². The molecule has 0 saturated carbocycles. The fourth-order valence-corrected chi connectivity index (χ4v) is 3.99. The van der Waals surface area contributed by atoms with Crippen molar-refractivity contribution in [2.45, 2.75) is 31.8 Å².